The van der Waals surface area contributed by atoms with Crippen molar-refractivity contribution >= 4 is 17.9 Å². The summed E-state index contributed by atoms with van der Waals surface area (Å²) in [6, 6.07) is 0. The normalized spacial score (nSPS) is 13.8. The highest BCUT2D eigenvalue weighted by atomic mass is 16.7. The second kappa shape index (κ2) is 64.6. The van der Waals surface area contributed by atoms with E-state index in [0.717, 1.165) is 161 Å². The van der Waals surface area contributed by atoms with Gasteiger partial charge >= 0.3 is 17.9 Å². The summed E-state index contributed by atoms with van der Waals surface area (Å²) in [5.41, 5.74) is 0. The molecule has 0 radical (unpaired) electrons. The minimum Gasteiger partial charge on any atom is -0.477 e. The van der Waals surface area contributed by atoms with E-state index in [4.69, 9.17) is 18.9 Å². The molecule has 0 aliphatic carbocycles. The van der Waals surface area contributed by atoms with Gasteiger partial charge in [-0.1, -0.05) is 261 Å². The summed E-state index contributed by atoms with van der Waals surface area (Å²) < 4.78 is 22.9. The first-order chi connectivity index (χ1) is 41.6. The number of quaternary nitrogens is 1. The van der Waals surface area contributed by atoms with Gasteiger partial charge in [0.1, 0.15) is 13.2 Å². The molecule has 0 aromatic heterocycles. The smallest absolute Gasteiger partial charge is 0.361 e. The maximum absolute atomic E-state index is 12.9. The summed E-state index contributed by atoms with van der Waals surface area (Å²) in [6.07, 6.45) is 94.4. The van der Waals surface area contributed by atoms with Crippen molar-refractivity contribution in [3.05, 3.63) is 170 Å². The van der Waals surface area contributed by atoms with Crippen LogP contribution in [0.25, 0.3) is 0 Å². The first-order valence-corrected chi connectivity index (χ1v) is 33.3. The molecule has 0 aromatic rings. The van der Waals surface area contributed by atoms with Gasteiger partial charge in [-0.05, 0) is 128 Å². The van der Waals surface area contributed by atoms with E-state index < -0.39 is 24.3 Å². The van der Waals surface area contributed by atoms with E-state index in [1.54, 1.807) is 0 Å². The number of carbonyl (C=O) groups is 3. The van der Waals surface area contributed by atoms with Crippen molar-refractivity contribution in [2.75, 3.05) is 47.5 Å². The third-order valence-corrected chi connectivity index (χ3v) is 13.5. The van der Waals surface area contributed by atoms with E-state index in [0.29, 0.717) is 17.4 Å². The molecule has 0 aromatic carbocycles. The molecule has 0 saturated heterocycles. The Morgan fingerprint density at radius 1 is 0.353 bits per heavy atom. The Balaban J connectivity index is 4.27. The molecule has 0 bridgehead atoms. The second-order valence-electron chi connectivity index (χ2n) is 22.7. The van der Waals surface area contributed by atoms with Crippen LogP contribution in [0.4, 0.5) is 0 Å². The molecule has 0 spiro atoms. The van der Waals surface area contributed by atoms with E-state index in [-0.39, 0.29) is 38.6 Å². The van der Waals surface area contributed by atoms with Crippen molar-refractivity contribution in [2.45, 2.75) is 245 Å². The van der Waals surface area contributed by atoms with Crippen LogP contribution >= 0.6 is 0 Å². The Bertz CT molecular complexity index is 2000. The Kier molecular flexibility index (Phi) is 60.6. The Morgan fingerprint density at radius 3 is 0.941 bits per heavy atom. The highest BCUT2D eigenvalue weighted by Crippen LogP contribution is 2.15. The topological polar surface area (TPSA) is 108 Å². The van der Waals surface area contributed by atoms with Crippen LogP contribution in [0.2, 0.25) is 0 Å². The Morgan fingerprint density at radius 2 is 0.635 bits per heavy atom. The second-order valence-corrected chi connectivity index (χ2v) is 22.7. The molecule has 478 valence electrons. The zero-order valence-corrected chi connectivity index (χ0v) is 54.4. The van der Waals surface area contributed by atoms with Crippen molar-refractivity contribution in [3.8, 4) is 0 Å². The quantitative estimate of drug-likeness (QED) is 0.0211. The third-order valence-electron chi connectivity index (χ3n) is 13.5. The number of ether oxygens (including phenoxy) is 4. The van der Waals surface area contributed by atoms with E-state index in [2.05, 4.69) is 184 Å². The molecule has 2 atom stereocenters. The van der Waals surface area contributed by atoms with Gasteiger partial charge in [0.25, 0.3) is 6.29 Å². The molecule has 0 heterocycles. The lowest BCUT2D eigenvalue weighted by molar-refractivity contribution is -0.870. The summed E-state index contributed by atoms with van der Waals surface area (Å²) in [4.78, 5) is 37.6. The summed E-state index contributed by atoms with van der Waals surface area (Å²) in [5.74, 6) is -2.05. The first-order valence-electron chi connectivity index (χ1n) is 33.3. The van der Waals surface area contributed by atoms with E-state index in [9.17, 15) is 19.5 Å². The average molecular weight is 1180 g/mol. The number of esters is 2. The summed E-state index contributed by atoms with van der Waals surface area (Å²) >= 11 is 0. The summed E-state index contributed by atoms with van der Waals surface area (Å²) in [7, 11) is 5.95. The first kappa shape index (κ1) is 79.7. The fraction of sp³-hybridized carbons (Fsp3) is 0.592. The molecule has 0 rings (SSSR count). The van der Waals surface area contributed by atoms with Crippen LogP contribution in [0, 0.1) is 0 Å². The Hall–Kier alpha value is -5.35. The van der Waals surface area contributed by atoms with Crippen molar-refractivity contribution in [1.29, 1.82) is 0 Å². The maximum Gasteiger partial charge on any atom is 0.361 e. The number of likely N-dealkylation sites (N-methyl/N-ethyl adjacent to an activating group) is 1. The molecule has 0 aliphatic rings. The number of hydrogen-bond acceptors (Lipinski definition) is 7. The SMILES string of the molecule is CC/C=C\C/C=C\C/C=C\C/C=C\C/C=C\C/C=C\C/C=C\C/C=C\CCCCCCCCC(=O)OC(COC(=O)CCCCCCCCCCCC/C=C\C/C=C\C/C=C\C/C=C\C/C=C\C/C=C\CC)COC(OCC[N+](C)(C)C)C(=O)O. The lowest BCUT2D eigenvalue weighted by atomic mass is 10.1. The highest BCUT2D eigenvalue weighted by Gasteiger charge is 2.25. The zero-order chi connectivity index (χ0) is 61.9. The fourth-order valence-corrected chi connectivity index (χ4v) is 8.44. The van der Waals surface area contributed by atoms with Crippen molar-refractivity contribution in [1.82, 2.24) is 0 Å². The Labute approximate surface area is 520 Å². The monoisotopic (exact) mass is 1180 g/mol. The third kappa shape index (κ3) is 66.0. The number of rotatable bonds is 59. The van der Waals surface area contributed by atoms with E-state index in [1.165, 1.54) is 38.5 Å². The number of carboxylic acids is 1. The van der Waals surface area contributed by atoms with Crippen molar-refractivity contribution in [3.63, 3.8) is 0 Å². The van der Waals surface area contributed by atoms with Crippen LogP contribution in [0.1, 0.15) is 232 Å². The summed E-state index contributed by atoms with van der Waals surface area (Å²) in [5, 5.41) is 9.74. The van der Waals surface area contributed by atoms with E-state index >= 15 is 0 Å². The molecule has 2 unspecified atom stereocenters. The predicted octanol–water partition coefficient (Wildman–Crippen LogP) is 20.7. The van der Waals surface area contributed by atoms with Gasteiger partial charge in [0, 0.05) is 12.8 Å². The van der Waals surface area contributed by atoms with Crippen LogP contribution in [0.5, 0.6) is 0 Å². The number of allylic oxidation sites excluding steroid dienone is 28. The maximum atomic E-state index is 12.9. The lowest BCUT2D eigenvalue weighted by Gasteiger charge is -2.25. The number of carboxylic acid groups (broad SMARTS) is 1. The summed E-state index contributed by atoms with van der Waals surface area (Å²) in [6.45, 7) is 4.61. The van der Waals surface area contributed by atoms with Gasteiger partial charge in [-0.15, -0.1) is 0 Å². The average Bonchev–Trinajstić information content (AvgIpc) is 3.49. The number of aliphatic carboxylic acids is 1. The number of unbranched alkanes of at least 4 members (excludes halogenated alkanes) is 16. The molecule has 0 amide bonds. The van der Waals surface area contributed by atoms with Crippen LogP contribution in [0.15, 0.2) is 170 Å². The minimum absolute atomic E-state index is 0.174. The molecule has 0 aliphatic heterocycles. The number of nitrogens with zero attached hydrogens (tertiary/aromatic N) is 1. The molecule has 85 heavy (non-hydrogen) atoms. The van der Waals surface area contributed by atoms with Gasteiger partial charge in [-0.2, -0.15) is 0 Å². The van der Waals surface area contributed by atoms with Crippen LogP contribution < -0.4 is 0 Å². The minimum atomic E-state index is -1.53. The number of hydrogen-bond donors (Lipinski definition) is 1. The zero-order valence-electron chi connectivity index (χ0n) is 54.4. The van der Waals surface area contributed by atoms with Crippen LogP contribution in [-0.2, 0) is 33.3 Å². The molecular formula is C76H122NO8+. The van der Waals surface area contributed by atoms with Crippen LogP contribution in [0.3, 0.4) is 0 Å². The van der Waals surface area contributed by atoms with Gasteiger partial charge in [0.2, 0.25) is 0 Å². The molecule has 9 nitrogen and oxygen atoms in total. The van der Waals surface area contributed by atoms with Crippen molar-refractivity contribution in [2.24, 2.45) is 0 Å². The lowest BCUT2D eigenvalue weighted by Crippen LogP contribution is -2.40. The highest BCUT2D eigenvalue weighted by molar-refractivity contribution is 5.71. The molecule has 1 N–H and O–H groups in total. The molecular weight excluding hydrogens is 1050 g/mol. The van der Waals surface area contributed by atoms with Gasteiger partial charge < -0.3 is 28.5 Å². The fourth-order valence-electron chi connectivity index (χ4n) is 8.44. The predicted molar refractivity (Wildman–Crippen MR) is 363 cm³/mol. The van der Waals surface area contributed by atoms with Crippen LogP contribution in [-0.4, -0.2) is 87.4 Å². The van der Waals surface area contributed by atoms with Gasteiger partial charge in [-0.3, -0.25) is 9.59 Å². The largest absolute Gasteiger partial charge is 0.477 e. The van der Waals surface area contributed by atoms with Crippen molar-refractivity contribution < 1.29 is 42.9 Å². The van der Waals surface area contributed by atoms with Gasteiger partial charge in [-0.25, -0.2) is 4.79 Å². The molecule has 9 heteroatoms. The number of carbonyl (C=O) groups excluding carboxylic acids is 2. The standard InChI is InChI=1S/C76H121NO8/c1-6-8-10-12-14-16-18-20-22-24-26-28-30-32-34-36-37-39-41-43-45-47-49-51-53-55-57-59-61-63-65-67-74(79)85-72(71-84-76(75(80)81)82-69-68-77(3,4)5)70-83-73(78)66-64-62-60-58-56-54-52-50-48-46-44-42-40-38-35-33-31-29-27-25-23-21-19-17-15-13-11-9-7-2/h8-11,14-17,20-23,26-29,32-35,37,39-40,42-43,45,49,51,72,76H,6-7,12-13,18-19,24-25,30-31,36,38,41,44,46-48,50,52-71H2,1-5H3/p+1/b10-8-,11-9-,16-14-,17-15-,22-20-,23-21-,28-26-,29-27-,34-32-,35-33-,39-37-,42-40-,45-43-,51-49-. The molecule has 0 fully saturated rings. The van der Waals surface area contributed by atoms with E-state index in [1.807, 2.05) is 21.1 Å². The molecule has 0 saturated carbocycles. The van der Waals surface area contributed by atoms with Gasteiger partial charge in [0.05, 0.1) is 34.4 Å². The van der Waals surface area contributed by atoms with Gasteiger partial charge in [0.15, 0.2) is 6.10 Å².